The molecule has 1 saturated heterocycles. The maximum Gasteiger partial charge on any atom is 0.303 e. The highest BCUT2D eigenvalue weighted by atomic mass is 35.5. The van der Waals surface area contributed by atoms with Crippen molar-refractivity contribution in [2.45, 2.75) is 51.9 Å². The van der Waals surface area contributed by atoms with Crippen LogP contribution >= 0.6 is 11.6 Å². The van der Waals surface area contributed by atoms with E-state index in [2.05, 4.69) is 0 Å². The van der Waals surface area contributed by atoms with Crippen molar-refractivity contribution in [2.24, 2.45) is 5.92 Å². The number of ether oxygens (including phenoxy) is 2. The third-order valence-electron chi connectivity index (χ3n) is 4.96. The topological polar surface area (TPSA) is 116 Å². The number of rotatable bonds is 8. The molecule has 3 atom stereocenters. The number of allylic oxidation sites excluding steroid dienone is 2. The number of carboxylic acid groups (broad SMARTS) is 1. The van der Waals surface area contributed by atoms with Crippen molar-refractivity contribution in [3.63, 3.8) is 0 Å². The first-order valence-corrected chi connectivity index (χ1v) is 11.3. The first-order valence-electron chi connectivity index (χ1n) is 10.9. The minimum absolute atomic E-state index is 0.0474. The molecule has 8 heteroatoms. The van der Waals surface area contributed by atoms with Gasteiger partial charge >= 0.3 is 5.97 Å². The molecule has 2 aromatic rings. The van der Waals surface area contributed by atoms with E-state index in [-0.39, 0.29) is 24.2 Å². The lowest BCUT2D eigenvalue weighted by atomic mass is 9.90. The fraction of sp³-hybridized carbons (Fsp3) is 0.400. The maximum absolute atomic E-state index is 10.6. The van der Waals surface area contributed by atoms with Gasteiger partial charge in [-0.2, -0.15) is 0 Å². The minimum atomic E-state index is -0.797. The third kappa shape index (κ3) is 9.15. The van der Waals surface area contributed by atoms with Crippen molar-refractivity contribution < 1.29 is 35.0 Å². The average molecular weight is 481 g/mol. The van der Waals surface area contributed by atoms with Gasteiger partial charge in [0.1, 0.15) is 5.75 Å². The Morgan fingerprint density at radius 1 is 1.03 bits per heavy atom. The Labute approximate surface area is 199 Å². The SMILES string of the molecule is CC.O=C(O)CC/C=C\CCC1COC(c2ccccc2Cl)OC1c1ccccc1O.OO. The van der Waals surface area contributed by atoms with Crippen LogP contribution in [0.3, 0.4) is 0 Å². The number of carbonyl (C=O) groups is 1. The van der Waals surface area contributed by atoms with E-state index in [4.69, 9.17) is 36.7 Å². The van der Waals surface area contributed by atoms with Gasteiger partial charge in [-0.15, -0.1) is 0 Å². The van der Waals surface area contributed by atoms with Crippen LogP contribution in [0.2, 0.25) is 5.02 Å². The number of aliphatic carboxylic acids is 1. The van der Waals surface area contributed by atoms with Crippen molar-refractivity contribution in [1.82, 2.24) is 0 Å². The van der Waals surface area contributed by atoms with Crippen LogP contribution in [-0.4, -0.2) is 33.3 Å². The smallest absolute Gasteiger partial charge is 0.303 e. The molecule has 2 aromatic carbocycles. The summed E-state index contributed by atoms with van der Waals surface area (Å²) in [4.78, 5) is 10.6. The van der Waals surface area contributed by atoms with Gasteiger partial charge in [0.2, 0.25) is 0 Å². The van der Waals surface area contributed by atoms with Gasteiger partial charge in [-0.3, -0.25) is 15.3 Å². The van der Waals surface area contributed by atoms with E-state index < -0.39 is 12.3 Å². The molecule has 1 heterocycles. The standard InChI is InChI=1S/C23H25ClO5.C2H6.H2O2/c24-19-12-7-5-10-17(19)23-28-15-16(9-3-1-2-4-14-21(26)27)22(29-23)18-11-6-8-13-20(18)25;2*1-2/h1-2,5-8,10-13,16,22-23,25H,3-4,9,14-15H2,(H,26,27);1-2H3;1-2H/b2-1-;;. The minimum Gasteiger partial charge on any atom is -0.508 e. The highest BCUT2D eigenvalue weighted by molar-refractivity contribution is 6.31. The third-order valence-corrected chi connectivity index (χ3v) is 5.30. The van der Waals surface area contributed by atoms with Crippen molar-refractivity contribution in [3.05, 3.63) is 76.8 Å². The molecule has 0 spiro atoms. The van der Waals surface area contributed by atoms with E-state index in [0.29, 0.717) is 18.1 Å². The second-order valence-corrected chi connectivity index (χ2v) is 7.45. The van der Waals surface area contributed by atoms with Crippen LogP contribution in [0.1, 0.15) is 63.1 Å². The molecule has 0 bridgehead atoms. The summed E-state index contributed by atoms with van der Waals surface area (Å²) in [6, 6.07) is 14.6. The highest BCUT2D eigenvalue weighted by Crippen LogP contribution is 2.43. The van der Waals surface area contributed by atoms with Crippen LogP contribution in [0.5, 0.6) is 5.75 Å². The molecular weight excluding hydrogens is 448 g/mol. The molecule has 1 aliphatic heterocycles. The van der Waals surface area contributed by atoms with Gasteiger partial charge < -0.3 is 19.7 Å². The van der Waals surface area contributed by atoms with E-state index in [0.717, 1.165) is 24.0 Å². The molecule has 7 nitrogen and oxygen atoms in total. The molecule has 1 aliphatic rings. The largest absolute Gasteiger partial charge is 0.508 e. The normalized spacial score (nSPS) is 19.7. The van der Waals surface area contributed by atoms with Gasteiger partial charge in [0.25, 0.3) is 0 Å². The summed E-state index contributed by atoms with van der Waals surface area (Å²) >= 11 is 6.31. The number of hydrogen-bond acceptors (Lipinski definition) is 6. The highest BCUT2D eigenvalue weighted by Gasteiger charge is 2.35. The lowest BCUT2D eigenvalue weighted by Gasteiger charge is -2.37. The molecule has 1 fully saturated rings. The molecule has 0 aliphatic carbocycles. The van der Waals surface area contributed by atoms with Crippen molar-refractivity contribution in [3.8, 4) is 5.75 Å². The van der Waals surface area contributed by atoms with Crippen molar-refractivity contribution in [1.29, 1.82) is 0 Å². The Hall–Kier alpha value is -2.42. The lowest BCUT2D eigenvalue weighted by Crippen LogP contribution is -2.30. The Morgan fingerprint density at radius 2 is 1.64 bits per heavy atom. The van der Waals surface area contributed by atoms with Crippen LogP contribution in [0.4, 0.5) is 0 Å². The fourth-order valence-corrected chi connectivity index (χ4v) is 3.68. The van der Waals surface area contributed by atoms with E-state index in [1.54, 1.807) is 18.2 Å². The average Bonchev–Trinajstić information content (AvgIpc) is 2.84. The van der Waals surface area contributed by atoms with Gasteiger partial charge in [-0.25, -0.2) is 0 Å². The van der Waals surface area contributed by atoms with Gasteiger partial charge in [0.15, 0.2) is 6.29 Å². The molecule has 0 aromatic heterocycles. The second kappa shape index (κ2) is 16.2. The summed E-state index contributed by atoms with van der Waals surface area (Å²) in [6.07, 6.45) is 5.16. The second-order valence-electron chi connectivity index (χ2n) is 7.04. The Balaban J connectivity index is 0.00000129. The number of carboxylic acids is 1. The van der Waals surface area contributed by atoms with Gasteiger partial charge in [0.05, 0.1) is 12.7 Å². The summed E-state index contributed by atoms with van der Waals surface area (Å²) in [5, 5.41) is 31.6. The molecule has 3 unspecified atom stereocenters. The first-order chi connectivity index (χ1) is 16.1. The van der Waals surface area contributed by atoms with Crippen LogP contribution in [0.25, 0.3) is 0 Å². The quantitative estimate of drug-likeness (QED) is 0.189. The predicted molar refractivity (Wildman–Crippen MR) is 127 cm³/mol. The summed E-state index contributed by atoms with van der Waals surface area (Å²) in [5.41, 5.74) is 1.49. The number of phenolic OH excluding ortho intramolecular Hbond substituents is 1. The number of aromatic hydroxyl groups is 1. The van der Waals surface area contributed by atoms with Crippen LogP contribution in [-0.2, 0) is 14.3 Å². The number of hydrogen-bond donors (Lipinski definition) is 4. The van der Waals surface area contributed by atoms with Crippen LogP contribution < -0.4 is 0 Å². The fourth-order valence-electron chi connectivity index (χ4n) is 3.45. The van der Waals surface area contributed by atoms with Gasteiger partial charge in [-0.05, 0) is 31.4 Å². The van der Waals surface area contributed by atoms with Crippen molar-refractivity contribution in [2.75, 3.05) is 6.61 Å². The molecule has 3 rings (SSSR count). The molecule has 0 saturated carbocycles. The number of halogens is 1. The Morgan fingerprint density at radius 3 is 2.27 bits per heavy atom. The van der Waals surface area contributed by atoms with E-state index in [1.807, 2.05) is 56.3 Å². The number of phenols is 1. The zero-order valence-electron chi connectivity index (χ0n) is 18.9. The van der Waals surface area contributed by atoms with Gasteiger partial charge in [0, 0.05) is 28.5 Å². The molecule has 4 N–H and O–H groups in total. The number of benzene rings is 2. The summed E-state index contributed by atoms with van der Waals surface area (Å²) in [7, 11) is 0. The summed E-state index contributed by atoms with van der Waals surface area (Å²) in [5.74, 6) is -0.556. The van der Waals surface area contributed by atoms with E-state index in [9.17, 15) is 9.90 Å². The zero-order valence-corrected chi connectivity index (χ0v) is 19.7. The first kappa shape index (κ1) is 28.6. The Bertz CT molecular complexity index is 856. The van der Waals surface area contributed by atoms with Gasteiger partial charge in [-0.1, -0.05) is 74.0 Å². The van der Waals surface area contributed by atoms with Crippen molar-refractivity contribution >= 4 is 17.6 Å². The van der Waals surface area contributed by atoms with Crippen LogP contribution in [0.15, 0.2) is 60.7 Å². The zero-order chi connectivity index (χ0) is 24.6. The maximum atomic E-state index is 10.6. The molecule has 33 heavy (non-hydrogen) atoms. The van der Waals surface area contributed by atoms with E-state index >= 15 is 0 Å². The molecule has 0 radical (unpaired) electrons. The Kier molecular flexibility index (Phi) is 14.1. The summed E-state index contributed by atoms with van der Waals surface area (Å²) < 4.78 is 12.2. The lowest BCUT2D eigenvalue weighted by molar-refractivity contribution is -0.245. The summed E-state index contributed by atoms with van der Waals surface area (Å²) in [6.45, 7) is 4.47. The predicted octanol–water partition coefficient (Wildman–Crippen LogP) is 6.69. The molecule has 0 amide bonds. The van der Waals surface area contributed by atoms with Crippen LogP contribution in [0, 0.1) is 5.92 Å². The monoisotopic (exact) mass is 480 g/mol. The number of para-hydroxylation sites is 1. The molecule has 182 valence electrons. The van der Waals surface area contributed by atoms with E-state index in [1.165, 1.54) is 0 Å². The molecular formula is C25H33ClO7.